The molecule has 1 aromatic carbocycles. The lowest BCUT2D eigenvalue weighted by Gasteiger charge is -2.16. The number of nitrogens with two attached hydrogens (primary N) is 1. The molecule has 8 nitrogen and oxygen atoms in total. The average molecular weight is 440 g/mol. The first-order valence-corrected chi connectivity index (χ1v) is 12.0. The van der Waals surface area contributed by atoms with Gasteiger partial charge in [0, 0.05) is 23.6 Å². The molecule has 1 saturated carbocycles. The van der Waals surface area contributed by atoms with E-state index in [2.05, 4.69) is 44.1 Å². The van der Waals surface area contributed by atoms with Crippen molar-refractivity contribution in [3.8, 4) is 0 Å². The number of benzene rings is 1. The lowest BCUT2D eigenvalue weighted by Crippen LogP contribution is -2.12. The van der Waals surface area contributed by atoms with E-state index in [1.807, 2.05) is 12.3 Å². The van der Waals surface area contributed by atoms with Gasteiger partial charge in [-0.05, 0) is 42.9 Å². The SMILES string of the molecule is NS(=O)(=O)/C=C/C1C[C@@H](n2ccc3c(N[C@H]4CCc5ccccc54)ncnc32)C[C@@H]1O. The molecule has 4 atom stereocenters. The Bertz CT molecular complexity index is 1250. The fourth-order valence-corrected chi connectivity index (χ4v) is 5.34. The number of aryl methyl sites for hydroxylation is 1. The van der Waals surface area contributed by atoms with Crippen molar-refractivity contribution in [3.05, 3.63) is 65.5 Å². The van der Waals surface area contributed by atoms with Crippen LogP contribution in [0.3, 0.4) is 0 Å². The molecule has 2 aliphatic carbocycles. The molecule has 3 aromatic rings. The Kier molecular flexibility index (Phi) is 5.04. The molecule has 0 saturated heterocycles. The Hall–Kier alpha value is -2.75. The van der Waals surface area contributed by atoms with Gasteiger partial charge in [-0.3, -0.25) is 0 Å². The summed E-state index contributed by atoms with van der Waals surface area (Å²) in [6, 6.07) is 10.7. The van der Waals surface area contributed by atoms with Crippen molar-refractivity contribution in [3.63, 3.8) is 0 Å². The molecule has 5 rings (SSSR count). The molecule has 0 spiro atoms. The number of nitrogens with zero attached hydrogens (tertiary/aromatic N) is 3. The fourth-order valence-electron chi connectivity index (χ4n) is 4.92. The van der Waals surface area contributed by atoms with Crippen LogP contribution in [0.2, 0.25) is 0 Å². The molecule has 0 amide bonds. The summed E-state index contributed by atoms with van der Waals surface area (Å²) in [4.78, 5) is 8.99. The van der Waals surface area contributed by atoms with Gasteiger partial charge < -0.3 is 15.0 Å². The first-order chi connectivity index (χ1) is 14.9. The number of aliphatic hydroxyl groups excluding tert-OH is 1. The normalized spacial score (nSPS) is 26.0. The highest BCUT2D eigenvalue weighted by molar-refractivity contribution is 7.92. The summed E-state index contributed by atoms with van der Waals surface area (Å²) >= 11 is 0. The first-order valence-electron chi connectivity index (χ1n) is 10.4. The van der Waals surface area contributed by atoms with Crippen molar-refractivity contribution >= 4 is 26.9 Å². The average Bonchev–Trinajstić information content (AvgIpc) is 3.43. The van der Waals surface area contributed by atoms with Crippen LogP contribution in [-0.2, 0) is 16.4 Å². The van der Waals surface area contributed by atoms with Crippen LogP contribution < -0.4 is 10.5 Å². The van der Waals surface area contributed by atoms with Gasteiger partial charge in [-0.25, -0.2) is 23.5 Å². The maximum Gasteiger partial charge on any atom is 0.230 e. The predicted octanol–water partition coefficient (Wildman–Crippen LogP) is 2.64. The second-order valence-corrected chi connectivity index (χ2v) is 9.84. The van der Waals surface area contributed by atoms with Gasteiger partial charge in [0.05, 0.1) is 17.5 Å². The van der Waals surface area contributed by atoms with Crippen molar-refractivity contribution in [2.45, 2.75) is 43.9 Å². The van der Waals surface area contributed by atoms with Gasteiger partial charge in [0.2, 0.25) is 10.0 Å². The molecule has 1 unspecified atom stereocenters. The standard InChI is InChI=1S/C22H25N5O3S/c23-31(29,30)10-8-15-11-16(12-20(15)28)27-9-7-18-21(24-13-25-22(18)27)26-19-6-5-14-3-1-2-4-17(14)19/h1-4,7-10,13,15-16,19-20,28H,5-6,11-12H2,(H2,23,29,30)(H,24,25,26)/b10-8+/t15?,16-,19+,20+/m1/s1. The third-order valence-electron chi connectivity index (χ3n) is 6.41. The maximum absolute atomic E-state index is 11.2. The van der Waals surface area contributed by atoms with E-state index in [9.17, 15) is 13.5 Å². The molecule has 1 fully saturated rings. The molecule has 31 heavy (non-hydrogen) atoms. The van der Waals surface area contributed by atoms with Crippen LogP contribution >= 0.6 is 0 Å². The van der Waals surface area contributed by atoms with E-state index in [4.69, 9.17) is 5.14 Å². The number of aromatic nitrogens is 3. The summed E-state index contributed by atoms with van der Waals surface area (Å²) in [5, 5.41) is 21.0. The van der Waals surface area contributed by atoms with Crippen LogP contribution in [0.1, 0.15) is 42.5 Å². The summed E-state index contributed by atoms with van der Waals surface area (Å²) in [5.74, 6) is 0.532. The fraction of sp³-hybridized carbons (Fsp3) is 0.364. The molecule has 2 aromatic heterocycles. The number of nitrogens with one attached hydrogen (secondary N) is 1. The monoisotopic (exact) mass is 439 g/mol. The summed E-state index contributed by atoms with van der Waals surface area (Å²) in [6.07, 6.45) is 7.60. The molecule has 162 valence electrons. The zero-order valence-electron chi connectivity index (χ0n) is 16.9. The summed E-state index contributed by atoms with van der Waals surface area (Å²) < 4.78 is 24.5. The van der Waals surface area contributed by atoms with Crippen molar-refractivity contribution in [1.82, 2.24) is 14.5 Å². The summed E-state index contributed by atoms with van der Waals surface area (Å²) in [7, 11) is -3.71. The Morgan fingerprint density at radius 2 is 2.03 bits per heavy atom. The number of hydrogen-bond acceptors (Lipinski definition) is 6. The minimum absolute atomic E-state index is 0.0117. The quantitative estimate of drug-likeness (QED) is 0.562. The van der Waals surface area contributed by atoms with Crippen molar-refractivity contribution < 1.29 is 13.5 Å². The minimum Gasteiger partial charge on any atom is -0.392 e. The molecule has 0 radical (unpaired) electrons. The van der Waals surface area contributed by atoms with Crippen molar-refractivity contribution in [2.75, 3.05) is 5.32 Å². The van der Waals surface area contributed by atoms with Crippen molar-refractivity contribution in [2.24, 2.45) is 11.1 Å². The van der Waals surface area contributed by atoms with Gasteiger partial charge in [0.1, 0.15) is 17.8 Å². The molecule has 2 aliphatic rings. The lowest BCUT2D eigenvalue weighted by molar-refractivity contribution is 0.151. The molecular formula is C22H25N5O3S. The predicted molar refractivity (Wildman–Crippen MR) is 119 cm³/mol. The van der Waals surface area contributed by atoms with E-state index in [1.165, 1.54) is 17.2 Å². The smallest absolute Gasteiger partial charge is 0.230 e. The third kappa shape index (κ3) is 3.96. The Labute approximate surface area is 180 Å². The van der Waals surface area contributed by atoms with Crippen LogP contribution in [0.15, 0.2) is 54.3 Å². The zero-order chi connectivity index (χ0) is 21.6. The Balaban J connectivity index is 1.40. The van der Waals surface area contributed by atoms with Crippen LogP contribution in [-0.4, -0.2) is 34.2 Å². The molecule has 4 N–H and O–H groups in total. The third-order valence-corrected chi connectivity index (χ3v) is 6.95. The first kappa shape index (κ1) is 20.2. The van der Waals surface area contributed by atoms with Gasteiger partial charge in [-0.1, -0.05) is 30.3 Å². The second kappa shape index (κ2) is 7.74. The number of primary sulfonamides is 1. The largest absolute Gasteiger partial charge is 0.392 e. The number of hydrogen-bond donors (Lipinski definition) is 3. The van der Waals surface area contributed by atoms with Gasteiger partial charge in [-0.2, -0.15) is 0 Å². The number of rotatable bonds is 5. The van der Waals surface area contributed by atoms with Crippen molar-refractivity contribution in [1.29, 1.82) is 0 Å². The summed E-state index contributed by atoms with van der Waals surface area (Å²) in [6.45, 7) is 0. The summed E-state index contributed by atoms with van der Waals surface area (Å²) in [5.41, 5.74) is 3.50. The number of sulfonamides is 1. The van der Waals surface area contributed by atoms with E-state index in [-0.39, 0.29) is 18.0 Å². The number of fused-ring (bicyclic) bond motifs is 2. The molecular weight excluding hydrogens is 414 g/mol. The highest BCUT2D eigenvalue weighted by Crippen LogP contribution is 2.39. The van der Waals surface area contributed by atoms with E-state index >= 15 is 0 Å². The van der Waals surface area contributed by atoms with Crippen LogP contribution in [0.4, 0.5) is 5.82 Å². The molecule has 2 heterocycles. The van der Waals surface area contributed by atoms with Crippen LogP contribution in [0.5, 0.6) is 0 Å². The zero-order valence-corrected chi connectivity index (χ0v) is 17.7. The topological polar surface area (TPSA) is 123 Å². The maximum atomic E-state index is 11.2. The van der Waals surface area contributed by atoms with Gasteiger partial charge in [0.25, 0.3) is 0 Å². The van der Waals surface area contributed by atoms with E-state index in [1.54, 1.807) is 6.33 Å². The Morgan fingerprint density at radius 3 is 2.87 bits per heavy atom. The highest BCUT2D eigenvalue weighted by atomic mass is 32.2. The molecule has 0 aliphatic heterocycles. The molecule has 0 bridgehead atoms. The van der Waals surface area contributed by atoms with E-state index in [0.717, 1.165) is 35.1 Å². The van der Waals surface area contributed by atoms with E-state index < -0.39 is 16.1 Å². The van der Waals surface area contributed by atoms with E-state index in [0.29, 0.717) is 12.8 Å². The van der Waals surface area contributed by atoms with Crippen LogP contribution in [0, 0.1) is 5.92 Å². The highest BCUT2D eigenvalue weighted by Gasteiger charge is 2.33. The van der Waals surface area contributed by atoms with Crippen LogP contribution in [0.25, 0.3) is 11.0 Å². The van der Waals surface area contributed by atoms with Gasteiger partial charge in [-0.15, -0.1) is 0 Å². The van der Waals surface area contributed by atoms with Gasteiger partial charge >= 0.3 is 0 Å². The molecule has 9 heteroatoms. The second-order valence-electron chi connectivity index (χ2n) is 8.39. The lowest BCUT2D eigenvalue weighted by atomic mass is 10.1. The van der Waals surface area contributed by atoms with Gasteiger partial charge in [0.15, 0.2) is 0 Å². The minimum atomic E-state index is -3.71. The number of aliphatic hydroxyl groups is 1. The number of anilines is 1. The Morgan fingerprint density at radius 1 is 1.19 bits per heavy atom.